The summed E-state index contributed by atoms with van der Waals surface area (Å²) in [6, 6.07) is 15.8. The molecule has 0 aliphatic carbocycles. The molecule has 24 heavy (non-hydrogen) atoms. The molecule has 0 N–H and O–H groups in total. The van der Waals surface area contributed by atoms with E-state index in [0.29, 0.717) is 12.2 Å². The molecule has 0 bridgehead atoms. The SMILES string of the molecule is Cc1cccc(C(=O)OCc2ccccc2CN2CCCCC2)c1. The van der Waals surface area contributed by atoms with E-state index in [2.05, 4.69) is 23.1 Å². The molecule has 0 spiro atoms. The Bertz CT molecular complexity index is 690. The highest BCUT2D eigenvalue weighted by Gasteiger charge is 2.13. The van der Waals surface area contributed by atoms with Crippen LogP contribution in [0.5, 0.6) is 0 Å². The molecule has 2 aromatic rings. The summed E-state index contributed by atoms with van der Waals surface area (Å²) in [5.41, 5.74) is 4.04. The fourth-order valence-electron chi connectivity index (χ4n) is 3.21. The number of esters is 1. The first-order valence-corrected chi connectivity index (χ1v) is 8.75. The Morgan fingerprint density at radius 3 is 2.50 bits per heavy atom. The number of aryl methyl sites for hydroxylation is 1. The summed E-state index contributed by atoms with van der Waals surface area (Å²) >= 11 is 0. The van der Waals surface area contributed by atoms with E-state index in [4.69, 9.17) is 4.74 Å². The first-order valence-electron chi connectivity index (χ1n) is 8.75. The van der Waals surface area contributed by atoms with Crippen molar-refractivity contribution >= 4 is 5.97 Å². The molecule has 0 saturated carbocycles. The van der Waals surface area contributed by atoms with Crippen LogP contribution in [-0.4, -0.2) is 24.0 Å². The Kier molecular flexibility index (Phi) is 5.65. The molecular formula is C21H25NO2. The third-order valence-electron chi connectivity index (χ3n) is 4.57. The number of hydrogen-bond acceptors (Lipinski definition) is 3. The average Bonchev–Trinajstić information content (AvgIpc) is 2.61. The van der Waals surface area contributed by atoms with Gasteiger partial charge in [0, 0.05) is 6.54 Å². The average molecular weight is 323 g/mol. The molecule has 126 valence electrons. The smallest absolute Gasteiger partial charge is 0.338 e. The lowest BCUT2D eigenvalue weighted by molar-refractivity contribution is 0.0470. The summed E-state index contributed by atoms with van der Waals surface area (Å²) in [6.45, 7) is 5.58. The Morgan fingerprint density at radius 1 is 1.00 bits per heavy atom. The minimum atomic E-state index is -0.258. The second-order valence-electron chi connectivity index (χ2n) is 6.55. The molecule has 1 saturated heterocycles. The number of nitrogens with zero attached hydrogens (tertiary/aromatic N) is 1. The van der Waals surface area contributed by atoms with Crippen LogP contribution in [0.4, 0.5) is 0 Å². The molecule has 1 heterocycles. The van der Waals surface area contributed by atoms with Crippen molar-refractivity contribution in [2.24, 2.45) is 0 Å². The van der Waals surface area contributed by atoms with E-state index in [1.54, 1.807) is 6.07 Å². The number of piperidine rings is 1. The van der Waals surface area contributed by atoms with Crippen molar-refractivity contribution in [2.45, 2.75) is 39.3 Å². The van der Waals surface area contributed by atoms with E-state index in [1.807, 2.05) is 31.2 Å². The van der Waals surface area contributed by atoms with E-state index in [0.717, 1.165) is 30.8 Å². The number of rotatable bonds is 5. The van der Waals surface area contributed by atoms with E-state index in [1.165, 1.54) is 24.8 Å². The highest BCUT2D eigenvalue weighted by atomic mass is 16.5. The van der Waals surface area contributed by atoms with Crippen molar-refractivity contribution in [1.29, 1.82) is 0 Å². The fourth-order valence-corrected chi connectivity index (χ4v) is 3.21. The minimum absolute atomic E-state index is 0.258. The van der Waals surface area contributed by atoms with Crippen LogP contribution in [0.25, 0.3) is 0 Å². The van der Waals surface area contributed by atoms with Gasteiger partial charge in [-0.1, -0.05) is 48.4 Å². The molecule has 0 atom stereocenters. The number of likely N-dealkylation sites (tertiary alicyclic amines) is 1. The lowest BCUT2D eigenvalue weighted by Gasteiger charge is -2.27. The highest BCUT2D eigenvalue weighted by Crippen LogP contribution is 2.17. The number of ether oxygens (including phenoxy) is 1. The largest absolute Gasteiger partial charge is 0.457 e. The van der Waals surface area contributed by atoms with Crippen LogP contribution in [0.15, 0.2) is 48.5 Å². The molecule has 0 aromatic heterocycles. The summed E-state index contributed by atoms with van der Waals surface area (Å²) < 4.78 is 5.54. The Morgan fingerprint density at radius 2 is 1.75 bits per heavy atom. The normalized spacial score (nSPS) is 15.2. The van der Waals surface area contributed by atoms with Gasteiger partial charge in [-0.25, -0.2) is 4.79 Å². The topological polar surface area (TPSA) is 29.5 Å². The van der Waals surface area contributed by atoms with Gasteiger partial charge in [-0.15, -0.1) is 0 Å². The lowest BCUT2D eigenvalue weighted by Crippen LogP contribution is -2.29. The monoisotopic (exact) mass is 323 g/mol. The fraction of sp³-hybridized carbons (Fsp3) is 0.381. The summed E-state index contributed by atoms with van der Waals surface area (Å²) in [5.74, 6) is -0.258. The zero-order chi connectivity index (χ0) is 16.8. The molecule has 2 aromatic carbocycles. The Balaban J connectivity index is 1.63. The number of carbonyl (C=O) groups is 1. The lowest BCUT2D eigenvalue weighted by atomic mass is 10.1. The maximum Gasteiger partial charge on any atom is 0.338 e. The van der Waals surface area contributed by atoms with Crippen LogP contribution < -0.4 is 0 Å². The number of hydrogen-bond donors (Lipinski definition) is 0. The van der Waals surface area contributed by atoms with Crippen LogP contribution >= 0.6 is 0 Å². The summed E-state index contributed by atoms with van der Waals surface area (Å²) in [5, 5.41) is 0. The molecule has 3 nitrogen and oxygen atoms in total. The van der Waals surface area contributed by atoms with Gasteiger partial charge in [-0.2, -0.15) is 0 Å². The quantitative estimate of drug-likeness (QED) is 0.767. The van der Waals surface area contributed by atoms with E-state index in [-0.39, 0.29) is 5.97 Å². The van der Waals surface area contributed by atoms with Gasteiger partial charge in [0.25, 0.3) is 0 Å². The third-order valence-corrected chi connectivity index (χ3v) is 4.57. The van der Waals surface area contributed by atoms with E-state index in [9.17, 15) is 4.79 Å². The standard InChI is InChI=1S/C21H25NO2/c1-17-8-7-11-18(14-17)21(23)24-16-20-10-4-3-9-19(20)15-22-12-5-2-6-13-22/h3-4,7-11,14H,2,5-6,12-13,15-16H2,1H3. The summed E-state index contributed by atoms with van der Waals surface area (Å²) in [6.07, 6.45) is 3.90. The maximum atomic E-state index is 12.2. The van der Waals surface area contributed by atoms with Crippen LogP contribution in [0.3, 0.4) is 0 Å². The van der Waals surface area contributed by atoms with Crippen molar-refractivity contribution in [1.82, 2.24) is 4.90 Å². The van der Waals surface area contributed by atoms with Crippen molar-refractivity contribution in [3.05, 3.63) is 70.8 Å². The molecular weight excluding hydrogens is 298 g/mol. The van der Waals surface area contributed by atoms with E-state index >= 15 is 0 Å². The predicted molar refractivity (Wildman–Crippen MR) is 95.9 cm³/mol. The van der Waals surface area contributed by atoms with Crippen molar-refractivity contribution in [3.63, 3.8) is 0 Å². The van der Waals surface area contributed by atoms with Crippen molar-refractivity contribution in [3.8, 4) is 0 Å². The predicted octanol–water partition coefficient (Wildman–Crippen LogP) is 4.34. The molecule has 3 heteroatoms. The van der Waals surface area contributed by atoms with Gasteiger partial charge in [0.15, 0.2) is 0 Å². The first kappa shape index (κ1) is 16.7. The number of carbonyl (C=O) groups excluding carboxylic acids is 1. The molecule has 3 rings (SSSR count). The number of benzene rings is 2. The Hall–Kier alpha value is -2.13. The molecule has 0 unspecified atom stereocenters. The molecule has 0 radical (unpaired) electrons. The molecule has 0 amide bonds. The molecule has 1 fully saturated rings. The van der Waals surface area contributed by atoms with Crippen LogP contribution in [0.2, 0.25) is 0 Å². The summed E-state index contributed by atoms with van der Waals surface area (Å²) in [4.78, 5) is 14.7. The van der Waals surface area contributed by atoms with Gasteiger partial charge in [0.1, 0.15) is 6.61 Å². The molecule has 1 aliphatic rings. The van der Waals surface area contributed by atoms with Gasteiger partial charge < -0.3 is 4.74 Å². The van der Waals surface area contributed by atoms with Crippen LogP contribution in [0.1, 0.15) is 46.3 Å². The highest BCUT2D eigenvalue weighted by molar-refractivity contribution is 5.89. The zero-order valence-electron chi connectivity index (χ0n) is 14.3. The van der Waals surface area contributed by atoms with E-state index < -0.39 is 0 Å². The zero-order valence-corrected chi connectivity index (χ0v) is 14.3. The third kappa shape index (κ3) is 4.45. The summed E-state index contributed by atoms with van der Waals surface area (Å²) in [7, 11) is 0. The van der Waals surface area contributed by atoms with Gasteiger partial charge >= 0.3 is 5.97 Å². The van der Waals surface area contributed by atoms with Crippen LogP contribution in [-0.2, 0) is 17.9 Å². The first-order chi connectivity index (χ1) is 11.7. The van der Waals surface area contributed by atoms with Gasteiger partial charge in [0.05, 0.1) is 5.56 Å². The van der Waals surface area contributed by atoms with Gasteiger partial charge in [0.2, 0.25) is 0 Å². The molecule has 1 aliphatic heterocycles. The van der Waals surface area contributed by atoms with Crippen molar-refractivity contribution < 1.29 is 9.53 Å². The maximum absolute atomic E-state index is 12.2. The van der Waals surface area contributed by atoms with Gasteiger partial charge in [-0.05, 0) is 56.1 Å². The second kappa shape index (κ2) is 8.11. The van der Waals surface area contributed by atoms with Gasteiger partial charge in [-0.3, -0.25) is 4.90 Å². The van der Waals surface area contributed by atoms with Crippen molar-refractivity contribution in [2.75, 3.05) is 13.1 Å². The second-order valence-corrected chi connectivity index (χ2v) is 6.55. The van der Waals surface area contributed by atoms with Crippen LogP contribution in [0, 0.1) is 6.92 Å². The minimum Gasteiger partial charge on any atom is -0.457 e. The Labute approximate surface area is 144 Å².